The number of rotatable bonds is 6. The van der Waals surface area contributed by atoms with Gasteiger partial charge in [-0.05, 0) is 42.2 Å². The van der Waals surface area contributed by atoms with Crippen molar-refractivity contribution in [2.75, 3.05) is 24.8 Å². The van der Waals surface area contributed by atoms with Gasteiger partial charge in [0.05, 0.1) is 35.2 Å². The largest absolute Gasteiger partial charge is 0.490 e. The lowest BCUT2D eigenvalue weighted by Gasteiger charge is -2.26. The minimum absolute atomic E-state index is 0.136. The zero-order valence-corrected chi connectivity index (χ0v) is 20.3. The Balaban J connectivity index is 1.50. The van der Waals surface area contributed by atoms with Crippen LogP contribution < -0.4 is 19.5 Å². The van der Waals surface area contributed by atoms with Gasteiger partial charge in [-0.2, -0.15) is 0 Å². The number of hydrogen-bond donors (Lipinski definition) is 2. The van der Waals surface area contributed by atoms with Crippen molar-refractivity contribution in [1.29, 1.82) is 0 Å². The first-order valence-corrected chi connectivity index (χ1v) is 14.1. The summed E-state index contributed by atoms with van der Waals surface area (Å²) in [6, 6.07) is 15.9. The molecule has 0 saturated carbocycles. The van der Waals surface area contributed by atoms with Crippen molar-refractivity contribution in [3.8, 4) is 11.5 Å². The van der Waals surface area contributed by atoms with E-state index in [9.17, 15) is 8.42 Å². The van der Waals surface area contributed by atoms with Crippen molar-refractivity contribution in [3.63, 3.8) is 0 Å². The standard InChI is InChI=1S/C23H23N3O4S3/c1-31-20-8-3-2-6-16(20)21(23-25-17-7-4-11-24-22(17)32-23)26-33(27,28)15-9-10-18-19(14-15)30-13-5-12-29-18/h2-4,6-11,14,21,23,25-26H,5,12-13H2,1H3. The molecule has 33 heavy (non-hydrogen) atoms. The number of nitrogens with one attached hydrogen (secondary N) is 2. The highest BCUT2D eigenvalue weighted by Crippen LogP contribution is 2.44. The number of nitrogens with zero attached hydrogens (tertiary/aromatic N) is 1. The summed E-state index contributed by atoms with van der Waals surface area (Å²) >= 11 is 3.10. The zero-order valence-electron chi connectivity index (χ0n) is 17.9. The highest BCUT2D eigenvalue weighted by Gasteiger charge is 2.35. The van der Waals surface area contributed by atoms with Crippen LogP contribution in [0.3, 0.4) is 0 Å². The Morgan fingerprint density at radius 2 is 1.94 bits per heavy atom. The molecule has 172 valence electrons. The molecule has 2 aliphatic heterocycles. The summed E-state index contributed by atoms with van der Waals surface area (Å²) in [6.07, 6.45) is 4.48. The molecular weight excluding hydrogens is 478 g/mol. The predicted molar refractivity (Wildman–Crippen MR) is 131 cm³/mol. The van der Waals surface area contributed by atoms with E-state index in [0.29, 0.717) is 24.7 Å². The second-order valence-electron chi connectivity index (χ2n) is 7.54. The Morgan fingerprint density at radius 3 is 2.76 bits per heavy atom. The maximum Gasteiger partial charge on any atom is 0.241 e. The van der Waals surface area contributed by atoms with E-state index in [1.165, 1.54) is 17.8 Å². The molecule has 5 rings (SSSR count). The maximum absolute atomic E-state index is 13.5. The number of aromatic nitrogens is 1. The van der Waals surface area contributed by atoms with Gasteiger partial charge >= 0.3 is 0 Å². The van der Waals surface area contributed by atoms with E-state index >= 15 is 0 Å². The first-order chi connectivity index (χ1) is 16.0. The van der Waals surface area contributed by atoms with Crippen molar-refractivity contribution >= 4 is 39.2 Å². The molecule has 3 aromatic rings. The van der Waals surface area contributed by atoms with Gasteiger partial charge in [-0.1, -0.05) is 30.0 Å². The average Bonchev–Trinajstić information content (AvgIpc) is 3.12. The van der Waals surface area contributed by atoms with E-state index in [0.717, 1.165) is 27.6 Å². The van der Waals surface area contributed by atoms with Crippen molar-refractivity contribution < 1.29 is 17.9 Å². The number of sulfonamides is 1. The number of benzene rings is 2. The lowest BCUT2D eigenvalue weighted by Crippen LogP contribution is -2.37. The molecule has 0 radical (unpaired) electrons. The van der Waals surface area contributed by atoms with E-state index in [2.05, 4.69) is 15.0 Å². The third kappa shape index (κ3) is 4.65. The molecule has 2 aliphatic rings. The quantitative estimate of drug-likeness (QED) is 0.477. The van der Waals surface area contributed by atoms with Crippen LogP contribution in [0.2, 0.25) is 0 Å². The monoisotopic (exact) mass is 501 g/mol. The van der Waals surface area contributed by atoms with Crippen LogP contribution in [0.5, 0.6) is 11.5 Å². The first-order valence-electron chi connectivity index (χ1n) is 10.5. The van der Waals surface area contributed by atoms with Crippen LogP contribution in [-0.4, -0.2) is 38.2 Å². The van der Waals surface area contributed by atoms with Gasteiger partial charge in [0.25, 0.3) is 0 Å². The van der Waals surface area contributed by atoms with Crippen LogP contribution >= 0.6 is 23.5 Å². The minimum Gasteiger partial charge on any atom is -0.490 e. The Bertz CT molecular complexity index is 1240. The minimum atomic E-state index is -3.87. The van der Waals surface area contributed by atoms with Crippen molar-refractivity contribution in [2.45, 2.75) is 32.7 Å². The Hall–Kier alpha value is -2.40. The summed E-state index contributed by atoms with van der Waals surface area (Å²) in [6.45, 7) is 1.03. The molecule has 2 unspecified atom stereocenters. The van der Waals surface area contributed by atoms with Gasteiger partial charge in [0, 0.05) is 23.6 Å². The summed E-state index contributed by atoms with van der Waals surface area (Å²) in [7, 11) is -3.87. The number of fused-ring (bicyclic) bond motifs is 2. The van der Waals surface area contributed by atoms with Gasteiger partial charge in [0.15, 0.2) is 11.5 Å². The van der Waals surface area contributed by atoms with E-state index in [-0.39, 0.29) is 10.3 Å². The van der Waals surface area contributed by atoms with Crippen LogP contribution in [0.15, 0.2) is 75.6 Å². The summed E-state index contributed by atoms with van der Waals surface area (Å²) in [5, 5.41) is 4.02. The fraction of sp³-hybridized carbons (Fsp3) is 0.261. The van der Waals surface area contributed by atoms with Crippen molar-refractivity contribution in [3.05, 3.63) is 66.4 Å². The van der Waals surface area contributed by atoms with E-state index in [4.69, 9.17) is 9.47 Å². The maximum atomic E-state index is 13.5. The van der Waals surface area contributed by atoms with Gasteiger partial charge in [0.2, 0.25) is 10.0 Å². The number of ether oxygens (including phenoxy) is 2. The van der Waals surface area contributed by atoms with Crippen LogP contribution in [0.1, 0.15) is 18.0 Å². The summed E-state index contributed by atoms with van der Waals surface area (Å²) < 4.78 is 41.4. The highest BCUT2D eigenvalue weighted by molar-refractivity contribution is 8.00. The Labute approximate surface area is 201 Å². The van der Waals surface area contributed by atoms with Gasteiger partial charge in [-0.25, -0.2) is 18.1 Å². The molecule has 0 spiro atoms. The Kier molecular flexibility index (Phi) is 6.42. The fourth-order valence-electron chi connectivity index (χ4n) is 3.81. The SMILES string of the molecule is CSc1ccccc1C(NS(=O)(=O)c1ccc2c(c1)OCCCO2)C1Nc2cccnc2S1. The molecule has 10 heteroatoms. The molecule has 2 aromatic carbocycles. The van der Waals surface area contributed by atoms with E-state index < -0.39 is 16.1 Å². The summed E-state index contributed by atoms with van der Waals surface area (Å²) in [4.78, 5) is 5.57. The molecule has 0 bridgehead atoms. The molecule has 0 fully saturated rings. The normalized spacial score (nSPS) is 18.2. The fourth-order valence-corrected chi connectivity index (χ4v) is 6.93. The van der Waals surface area contributed by atoms with Gasteiger partial charge < -0.3 is 14.8 Å². The topological polar surface area (TPSA) is 89.6 Å². The summed E-state index contributed by atoms with van der Waals surface area (Å²) in [5.41, 5.74) is 1.80. The third-order valence-corrected chi connectivity index (χ3v) is 8.84. The highest BCUT2D eigenvalue weighted by atomic mass is 32.2. The zero-order chi connectivity index (χ0) is 22.8. The van der Waals surface area contributed by atoms with E-state index in [1.54, 1.807) is 30.1 Å². The molecule has 3 heterocycles. The number of pyridine rings is 1. The Morgan fingerprint density at radius 1 is 1.12 bits per heavy atom. The molecule has 0 amide bonds. The molecule has 2 N–H and O–H groups in total. The van der Waals surface area contributed by atoms with Crippen molar-refractivity contribution in [2.24, 2.45) is 0 Å². The van der Waals surface area contributed by atoms with Gasteiger partial charge in [-0.3, -0.25) is 0 Å². The molecule has 7 nitrogen and oxygen atoms in total. The smallest absolute Gasteiger partial charge is 0.241 e. The first kappa shape index (κ1) is 22.4. The molecule has 1 aromatic heterocycles. The second-order valence-corrected chi connectivity index (χ2v) is 11.2. The van der Waals surface area contributed by atoms with Crippen LogP contribution in [0.4, 0.5) is 5.69 Å². The van der Waals surface area contributed by atoms with Crippen molar-refractivity contribution in [1.82, 2.24) is 9.71 Å². The van der Waals surface area contributed by atoms with Gasteiger partial charge in [0.1, 0.15) is 5.03 Å². The molecule has 0 aliphatic carbocycles. The molecule has 0 saturated heterocycles. The number of thioether (sulfide) groups is 2. The van der Waals surface area contributed by atoms with E-state index in [1.807, 2.05) is 42.7 Å². The predicted octanol–water partition coefficient (Wildman–Crippen LogP) is 4.53. The average molecular weight is 502 g/mol. The summed E-state index contributed by atoms with van der Waals surface area (Å²) in [5.74, 6) is 1.01. The van der Waals surface area contributed by atoms with Gasteiger partial charge in [-0.15, -0.1) is 11.8 Å². The lowest BCUT2D eigenvalue weighted by atomic mass is 10.1. The van der Waals surface area contributed by atoms with Crippen LogP contribution in [-0.2, 0) is 10.0 Å². The third-order valence-electron chi connectivity index (χ3n) is 5.40. The molecule has 2 atom stereocenters. The lowest BCUT2D eigenvalue weighted by molar-refractivity contribution is 0.297. The van der Waals surface area contributed by atoms with Crippen LogP contribution in [0.25, 0.3) is 0 Å². The van der Waals surface area contributed by atoms with Crippen LogP contribution in [0, 0.1) is 0 Å². The number of anilines is 1. The number of hydrogen-bond acceptors (Lipinski definition) is 8. The molecular formula is C23H23N3O4S3. The second kappa shape index (κ2) is 9.46.